The zero-order chi connectivity index (χ0) is 15.4. The Morgan fingerprint density at radius 3 is 2.43 bits per heavy atom. The molecule has 2 aromatic rings. The summed E-state index contributed by atoms with van der Waals surface area (Å²) in [6.07, 6.45) is -0.757. The minimum absolute atomic E-state index is 0.00891. The van der Waals surface area contributed by atoms with Gasteiger partial charge in [-0.1, -0.05) is 6.07 Å². The number of hydrogen-bond acceptors (Lipinski definition) is 3. The van der Waals surface area contributed by atoms with Crippen molar-refractivity contribution in [3.05, 3.63) is 59.2 Å². The summed E-state index contributed by atoms with van der Waals surface area (Å²) in [7, 11) is 1.45. The fraction of sp³-hybridized carbons (Fsp3) is 0.250. The molecule has 0 bridgehead atoms. The molecule has 0 fully saturated rings. The molecule has 0 radical (unpaired) electrons. The zero-order valence-corrected chi connectivity index (χ0v) is 11.8. The van der Waals surface area contributed by atoms with Crippen LogP contribution in [0.5, 0.6) is 11.5 Å². The minimum Gasteiger partial charge on any atom is -0.497 e. The van der Waals surface area contributed by atoms with Crippen LogP contribution in [0.4, 0.5) is 8.78 Å². The highest BCUT2D eigenvalue weighted by Gasteiger charge is 2.10. The number of halogens is 2. The Bertz CT molecular complexity index is 627. The van der Waals surface area contributed by atoms with Gasteiger partial charge in [0, 0.05) is 11.6 Å². The maximum atomic E-state index is 13.8. The lowest BCUT2D eigenvalue weighted by atomic mass is 10.1. The number of hydrogen-bond donors (Lipinski definition) is 1. The van der Waals surface area contributed by atoms with Crippen LogP contribution in [-0.2, 0) is 6.61 Å². The predicted octanol–water partition coefficient (Wildman–Crippen LogP) is 3.61. The number of benzene rings is 2. The molecule has 0 spiro atoms. The van der Waals surface area contributed by atoms with Crippen LogP contribution >= 0.6 is 0 Å². The Balaban J connectivity index is 2.09. The van der Waals surface area contributed by atoms with Crippen LogP contribution in [0.1, 0.15) is 24.2 Å². The maximum Gasteiger partial charge on any atom is 0.165 e. The lowest BCUT2D eigenvalue weighted by Gasteiger charge is -2.11. The highest BCUT2D eigenvalue weighted by Crippen LogP contribution is 2.24. The molecule has 1 unspecified atom stereocenters. The monoisotopic (exact) mass is 294 g/mol. The van der Waals surface area contributed by atoms with Gasteiger partial charge in [0.2, 0.25) is 0 Å². The minimum atomic E-state index is -0.757. The van der Waals surface area contributed by atoms with Crippen molar-refractivity contribution < 1.29 is 23.4 Å². The van der Waals surface area contributed by atoms with Crippen LogP contribution in [0, 0.1) is 11.6 Å². The van der Waals surface area contributed by atoms with Crippen LogP contribution in [-0.4, -0.2) is 12.2 Å². The van der Waals surface area contributed by atoms with Gasteiger partial charge in [-0.05, 0) is 36.8 Å². The Kier molecular flexibility index (Phi) is 4.75. The molecule has 0 aliphatic carbocycles. The molecule has 2 aromatic carbocycles. The van der Waals surface area contributed by atoms with Crippen LogP contribution in [0.25, 0.3) is 0 Å². The third-order valence-corrected chi connectivity index (χ3v) is 3.08. The van der Waals surface area contributed by atoms with Crippen LogP contribution in [0.2, 0.25) is 0 Å². The molecule has 1 N–H and O–H groups in total. The van der Waals surface area contributed by atoms with E-state index >= 15 is 0 Å². The Hall–Kier alpha value is -2.14. The molecular weight excluding hydrogens is 278 g/mol. The van der Waals surface area contributed by atoms with Crippen molar-refractivity contribution >= 4 is 0 Å². The summed E-state index contributed by atoms with van der Waals surface area (Å²) in [4.78, 5) is 0. The normalized spacial score (nSPS) is 12.0. The SMILES string of the molecule is COc1ccc(COc2ccc(C(C)O)cc2F)c(F)c1. The van der Waals surface area contributed by atoms with Gasteiger partial charge < -0.3 is 14.6 Å². The highest BCUT2D eigenvalue weighted by atomic mass is 19.1. The molecule has 2 rings (SSSR count). The molecule has 0 saturated carbocycles. The number of aliphatic hydroxyl groups is 1. The largest absolute Gasteiger partial charge is 0.497 e. The number of ether oxygens (including phenoxy) is 2. The van der Waals surface area contributed by atoms with E-state index in [-0.39, 0.29) is 12.4 Å². The number of rotatable bonds is 5. The van der Waals surface area contributed by atoms with Gasteiger partial charge in [0.15, 0.2) is 11.6 Å². The first-order valence-electron chi connectivity index (χ1n) is 6.44. The quantitative estimate of drug-likeness (QED) is 0.915. The van der Waals surface area contributed by atoms with E-state index in [4.69, 9.17) is 9.47 Å². The second-order valence-corrected chi connectivity index (χ2v) is 4.61. The van der Waals surface area contributed by atoms with Crippen LogP contribution in [0.15, 0.2) is 36.4 Å². The fourth-order valence-corrected chi connectivity index (χ4v) is 1.82. The number of methoxy groups -OCH3 is 1. The van der Waals surface area contributed by atoms with Gasteiger partial charge in [0.25, 0.3) is 0 Å². The summed E-state index contributed by atoms with van der Waals surface area (Å²) >= 11 is 0. The Morgan fingerprint density at radius 1 is 1.10 bits per heavy atom. The molecule has 0 heterocycles. The maximum absolute atomic E-state index is 13.8. The summed E-state index contributed by atoms with van der Waals surface area (Å²) in [5, 5.41) is 9.36. The summed E-state index contributed by atoms with van der Waals surface area (Å²) in [5.74, 6) is -0.656. The summed E-state index contributed by atoms with van der Waals surface area (Å²) in [6.45, 7) is 1.45. The molecule has 0 aliphatic rings. The molecule has 0 aromatic heterocycles. The molecule has 0 saturated heterocycles. The van der Waals surface area contributed by atoms with Crippen LogP contribution < -0.4 is 9.47 Å². The first-order valence-corrected chi connectivity index (χ1v) is 6.44. The average molecular weight is 294 g/mol. The van der Waals surface area contributed by atoms with Gasteiger partial charge in [-0.2, -0.15) is 0 Å². The van der Waals surface area contributed by atoms with E-state index in [1.807, 2.05) is 0 Å². The molecular formula is C16H16F2O3. The zero-order valence-electron chi connectivity index (χ0n) is 11.8. The summed E-state index contributed by atoms with van der Waals surface area (Å²) < 4.78 is 37.7. The van der Waals surface area contributed by atoms with E-state index in [0.29, 0.717) is 16.9 Å². The van der Waals surface area contributed by atoms with E-state index in [9.17, 15) is 13.9 Å². The highest BCUT2D eigenvalue weighted by molar-refractivity contribution is 5.32. The smallest absolute Gasteiger partial charge is 0.165 e. The van der Waals surface area contributed by atoms with Gasteiger partial charge in [-0.15, -0.1) is 0 Å². The first-order chi connectivity index (χ1) is 10.0. The van der Waals surface area contributed by atoms with E-state index in [2.05, 4.69) is 0 Å². The average Bonchev–Trinajstić information content (AvgIpc) is 2.46. The van der Waals surface area contributed by atoms with E-state index in [1.54, 1.807) is 19.1 Å². The Morgan fingerprint density at radius 2 is 1.86 bits per heavy atom. The van der Waals surface area contributed by atoms with Crippen molar-refractivity contribution in [3.63, 3.8) is 0 Å². The van der Waals surface area contributed by atoms with Crippen molar-refractivity contribution in [1.82, 2.24) is 0 Å². The standard InChI is InChI=1S/C16H16F2O3/c1-10(19)11-4-6-16(15(18)7-11)21-9-12-3-5-13(20-2)8-14(12)17/h3-8,10,19H,9H2,1-2H3. The third kappa shape index (κ3) is 3.70. The van der Waals surface area contributed by atoms with Gasteiger partial charge in [-0.3, -0.25) is 0 Å². The third-order valence-electron chi connectivity index (χ3n) is 3.08. The predicted molar refractivity (Wildman–Crippen MR) is 74.3 cm³/mol. The second kappa shape index (κ2) is 6.54. The van der Waals surface area contributed by atoms with Crippen molar-refractivity contribution in [2.24, 2.45) is 0 Å². The molecule has 3 nitrogen and oxygen atoms in total. The molecule has 1 atom stereocenters. The lowest BCUT2D eigenvalue weighted by Crippen LogP contribution is -2.01. The lowest BCUT2D eigenvalue weighted by molar-refractivity contribution is 0.198. The fourth-order valence-electron chi connectivity index (χ4n) is 1.82. The topological polar surface area (TPSA) is 38.7 Å². The second-order valence-electron chi connectivity index (χ2n) is 4.61. The first kappa shape index (κ1) is 15.3. The molecule has 21 heavy (non-hydrogen) atoms. The van der Waals surface area contributed by atoms with E-state index in [1.165, 1.54) is 31.4 Å². The molecule has 112 valence electrons. The van der Waals surface area contributed by atoms with Gasteiger partial charge in [0.05, 0.1) is 13.2 Å². The molecule has 0 aliphatic heterocycles. The Labute approximate surface area is 121 Å². The van der Waals surface area contributed by atoms with E-state index < -0.39 is 17.7 Å². The van der Waals surface area contributed by atoms with Crippen molar-refractivity contribution in [1.29, 1.82) is 0 Å². The van der Waals surface area contributed by atoms with Gasteiger partial charge in [0.1, 0.15) is 18.2 Å². The summed E-state index contributed by atoms with van der Waals surface area (Å²) in [6, 6.07) is 8.55. The van der Waals surface area contributed by atoms with Gasteiger partial charge in [-0.25, -0.2) is 8.78 Å². The number of aliphatic hydroxyl groups excluding tert-OH is 1. The van der Waals surface area contributed by atoms with Crippen molar-refractivity contribution in [3.8, 4) is 11.5 Å². The molecule has 5 heteroatoms. The van der Waals surface area contributed by atoms with Crippen LogP contribution in [0.3, 0.4) is 0 Å². The van der Waals surface area contributed by atoms with Crippen molar-refractivity contribution in [2.75, 3.05) is 7.11 Å². The van der Waals surface area contributed by atoms with Gasteiger partial charge >= 0.3 is 0 Å². The summed E-state index contributed by atoms with van der Waals surface area (Å²) in [5.41, 5.74) is 0.755. The molecule has 0 amide bonds. The van der Waals surface area contributed by atoms with Crippen molar-refractivity contribution in [2.45, 2.75) is 19.6 Å². The van der Waals surface area contributed by atoms with E-state index in [0.717, 1.165) is 0 Å².